The Hall–Kier alpha value is -1.95. The highest BCUT2D eigenvalue weighted by molar-refractivity contribution is 7.71. The number of nitrogens with one attached hydrogen (secondary N) is 1. The molecule has 0 aliphatic rings. The van der Waals surface area contributed by atoms with Crippen LogP contribution >= 0.6 is 23.8 Å². The Labute approximate surface area is 158 Å². The minimum Gasteiger partial charge on any atom is -0.315 e. The van der Waals surface area contributed by atoms with E-state index in [1.54, 1.807) is 0 Å². The molecule has 3 aromatic rings. The molecule has 25 heavy (non-hydrogen) atoms. The molecule has 1 aromatic heterocycles. The van der Waals surface area contributed by atoms with Gasteiger partial charge in [0.05, 0.1) is 12.1 Å². The van der Waals surface area contributed by atoms with Gasteiger partial charge >= 0.3 is 0 Å². The Morgan fingerprint density at radius 3 is 2.52 bits per heavy atom. The van der Waals surface area contributed by atoms with Crippen molar-refractivity contribution in [3.63, 3.8) is 0 Å². The van der Waals surface area contributed by atoms with Crippen LogP contribution in [-0.4, -0.2) is 21.4 Å². The first-order valence-corrected chi connectivity index (χ1v) is 9.00. The summed E-state index contributed by atoms with van der Waals surface area (Å²) in [5, 5.41) is 5.39. The highest BCUT2D eigenvalue weighted by Crippen LogP contribution is 2.25. The average Bonchev–Trinajstić information content (AvgIpc) is 2.86. The Bertz CT molecular complexity index is 945. The molecule has 1 unspecified atom stereocenters. The Morgan fingerprint density at radius 1 is 1.12 bits per heavy atom. The highest BCUT2D eigenvalue weighted by atomic mass is 35.5. The summed E-state index contributed by atoms with van der Waals surface area (Å²) in [5.41, 5.74) is 3.55. The maximum atomic E-state index is 6.32. The van der Waals surface area contributed by atoms with Gasteiger partial charge in [0.25, 0.3) is 0 Å². The summed E-state index contributed by atoms with van der Waals surface area (Å²) < 4.78 is 4.48. The number of hydrogen-bond donors (Lipinski definition) is 1. The Balaban J connectivity index is 1.84. The van der Waals surface area contributed by atoms with Gasteiger partial charge in [0.15, 0.2) is 12.5 Å². The lowest BCUT2D eigenvalue weighted by atomic mass is 10.1. The van der Waals surface area contributed by atoms with E-state index in [0.717, 1.165) is 17.9 Å². The smallest absolute Gasteiger partial charge is 0.202 e. The minimum atomic E-state index is 0.679. The van der Waals surface area contributed by atoms with E-state index in [1.165, 1.54) is 16.0 Å². The predicted octanol–water partition coefficient (Wildman–Crippen LogP) is 3.25. The largest absolute Gasteiger partial charge is 0.315 e. The topological polar surface area (TPSA) is 27.2 Å². The average molecular weight is 374 g/mol. The Morgan fingerprint density at radius 2 is 1.80 bits per heavy atom. The molecule has 4 nitrogen and oxygen atoms in total. The van der Waals surface area contributed by atoms with Gasteiger partial charge in [0, 0.05) is 18.2 Å². The van der Waals surface area contributed by atoms with Crippen molar-refractivity contribution in [3.05, 3.63) is 69.5 Å². The molecule has 0 spiro atoms. The van der Waals surface area contributed by atoms with Crippen molar-refractivity contribution in [2.24, 2.45) is 7.05 Å². The van der Waals surface area contributed by atoms with Gasteiger partial charge < -0.3 is 9.47 Å². The fraction of sp³-hybridized carbons (Fsp3) is 0.263. The zero-order valence-electron chi connectivity index (χ0n) is 14.7. The van der Waals surface area contributed by atoms with Crippen LogP contribution < -0.4 is 4.90 Å². The molecule has 3 rings (SSSR count). The first kappa shape index (κ1) is 17.9. The van der Waals surface area contributed by atoms with E-state index in [1.807, 2.05) is 40.6 Å². The van der Waals surface area contributed by atoms with E-state index >= 15 is 0 Å². The van der Waals surface area contributed by atoms with E-state index in [9.17, 15) is 0 Å². The lowest BCUT2D eigenvalue weighted by molar-refractivity contribution is -0.917. The molecule has 6 heteroatoms. The summed E-state index contributed by atoms with van der Waals surface area (Å²) in [4.78, 5) is 1.31. The van der Waals surface area contributed by atoms with Gasteiger partial charge in [-0.25, -0.2) is 0 Å². The standard InChI is InChI=1S/C19H21ClN4S/c1-14-8-4-5-9-15(14)12-22(2)13-24-19(25)23(3)18(21-24)16-10-6-7-11-17(16)20/h4-11H,12-13H2,1-3H3/p+1. The fourth-order valence-corrected chi connectivity index (χ4v) is 3.33. The van der Waals surface area contributed by atoms with Crippen molar-refractivity contribution in [2.75, 3.05) is 7.05 Å². The highest BCUT2D eigenvalue weighted by Gasteiger charge is 2.15. The number of halogens is 1. The van der Waals surface area contributed by atoms with Crippen molar-refractivity contribution in [1.82, 2.24) is 14.3 Å². The monoisotopic (exact) mass is 373 g/mol. The molecule has 0 amide bonds. The van der Waals surface area contributed by atoms with Gasteiger partial charge in [-0.05, 0) is 36.8 Å². The van der Waals surface area contributed by atoms with Crippen LogP contribution in [0.3, 0.4) is 0 Å². The summed E-state index contributed by atoms with van der Waals surface area (Å²) in [7, 11) is 4.08. The van der Waals surface area contributed by atoms with Gasteiger partial charge in [-0.3, -0.25) is 0 Å². The second-order valence-electron chi connectivity index (χ2n) is 6.36. The second kappa shape index (κ2) is 7.52. The minimum absolute atomic E-state index is 0.679. The van der Waals surface area contributed by atoms with Crippen molar-refractivity contribution in [2.45, 2.75) is 20.1 Å². The molecule has 0 saturated heterocycles. The molecule has 0 radical (unpaired) electrons. The second-order valence-corrected chi connectivity index (χ2v) is 7.14. The molecule has 0 fully saturated rings. The number of quaternary nitrogens is 1. The van der Waals surface area contributed by atoms with Crippen molar-refractivity contribution in [3.8, 4) is 11.4 Å². The normalized spacial score (nSPS) is 12.3. The summed E-state index contributed by atoms with van der Waals surface area (Å²) in [5.74, 6) is 0.791. The third-order valence-corrected chi connectivity index (χ3v) is 5.14. The molecule has 1 heterocycles. The number of aromatic nitrogens is 3. The molecule has 1 atom stereocenters. The van der Waals surface area contributed by atoms with Crippen LogP contribution in [0.5, 0.6) is 0 Å². The maximum absolute atomic E-state index is 6.32. The third-order valence-electron chi connectivity index (χ3n) is 4.33. The van der Waals surface area contributed by atoms with Gasteiger partial charge in [0.2, 0.25) is 4.77 Å². The van der Waals surface area contributed by atoms with Crippen LogP contribution in [-0.2, 0) is 20.3 Å². The Kier molecular flexibility index (Phi) is 5.37. The number of nitrogens with zero attached hydrogens (tertiary/aromatic N) is 3. The van der Waals surface area contributed by atoms with Crippen LogP contribution in [0.1, 0.15) is 11.1 Å². The SMILES string of the molecule is Cc1ccccc1C[NH+](C)Cn1nc(-c2ccccc2Cl)n(C)c1=S. The predicted molar refractivity (Wildman–Crippen MR) is 104 cm³/mol. The van der Waals surface area contributed by atoms with E-state index < -0.39 is 0 Å². The summed E-state index contributed by atoms with van der Waals surface area (Å²) in [6.07, 6.45) is 0. The number of aryl methyl sites for hydroxylation is 1. The first-order chi connectivity index (χ1) is 12.0. The quantitative estimate of drug-likeness (QED) is 0.695. The fourth-order valence-electron chi connectivity index (χ4n) is 2.91. The molecule has 1 N–H and O–H groups in total. The molecular weight excluding hydrogens is 352 g/mol. The first-order valence-electron chi connectivity index (χ1n) is 8.22. The van der Waals surface area contributed by atoms with Gasteiger partial charge in [-0.15, -0.1) is 5.10 Å². The number of benzene rings is 2. The summed E-state index contributed by atoms with van der Waals surface area (Å²) in [6.45, 7) is 3.77. The van der Waals surface area contributed by atoms with Crippen molar-refractivity contribution < 1.29 is 4.90 Å². The number of rotatable bonds is 5. The molecular formula is C19H22ClN4S+. The number of hydrogen-bond acceptors (Lipinski definition) is 2. The van der Waals surface area contributed by atoms with Gasteiger partial charge in [-0.2, -0.15) is 4.68 Å². The van der Waals surface area contributed by atoms with Gasteiger partial charge in [0.1, 0.15) is 6.54 Å². The molecule has 0 aliphatic heterocycles. The van der Waals surface area contributed by atoms with Crippen LogP contribution in [0.25, 0.3) is 11.4 Å². The van der Waals surface area contributed by atoms with Crippen LogP contribution in [0.2, 0.25) is 5.02 Å². The molecule has 130 valence electrons. The van der Waals surface area contributed by atoms with Crippen LogP contribution in [0.4, 0.5) is 0 Å². The van der Waals surface area contributed by atoms with E-state index in [-0.39, 0.29) is 0 Å². The van der Waals surface area contributed by atoms with E-state index in [2.05, 4.69) is 38.2 Å². The zero-order valence-corrected chi connectivity index (χ0v) is 16.2. The summed E-state index contributed by atoms with van der Waals surface area (Å²) in [6, 6.07) is 16.2. The van der Waals surface area contributed by atoms with Crippen LogP contribution in [0.15, 0.2) is 48.5 Å². The van der Waals surface area contributed by atoms with Crippen molar-refractivity contribution >= 4 is 23.8 Å². The molecule has 0 aliphatic carbocycles. The zero-order chi connectivity index (χ0) is 18.0. The molecule has 2 aromatic carbocycles. The maximum Gasteiger partial charge on any atom is 0.202 e. The third kappa shape index (κ3) is 3.84. The van der Waals surface area contributed by atoms with Crippen molar-refractivity contribution in [1.29, 1.82) is 0 Å². The van der Waals surface area contributed by atoms with E-state index in [0.29, 0.717) is 16.5 Å². The van der Waals surface area contributed by atoms with Crippen LogP contribution in [0, 0.1) is 11.7 Å². The molecule has 0 bridgehead atoms. The van der Waals surface area contributed by atoms with E-state index in [4.69, 9.17) is 28.9 Å². The summed E-state index contributed by atoms with van der Waals surface area (Å²) >= 11 is 11.9. The lowest BCUT2D eigenvalue weighted by Gasteiger charge is -2.15. The van der Waals surface area contributed by atoms with Gasteiger partial charge in [-0.1, -0.05) is 48.0 Å². The lowest BCUT2D eigenvalue weighted by Crippen LogP contribution is -3.07. The molecule has 0 saturated carbocycles.